The third kappa shape index (κ3) is 4.05. The number of hydrogen-bond acceptors (Lipinski definition) is 1. The maximum absolute atomic E-state index is 13.5. The highest BCUT2D eigenvalue weighted by molar-refractivity contribution is 5.80. The van der Waals surface area contributed by atoms with Gasteiger partial charge in [0.2, 0.25) is 0 Å². The zero-order chi connectivity index (χ0) is 14.4. The molecule has 0 aliphatic heterocycles. The molecular weight excluding hydrogens is 260 g/mol. The molecule has 3 nitrogen and oxygen atoms in total. The molecule has 0 bridgehead atoms. The first kappa shape index (κ1) is 14.5. The molecular formula is C15H19F2N3. The van der Waals surface area contributed by atoms with Crippen LogP contribution in [0.1, 0.15) is 25.3 Å². The summed E-state index contributed by atoms with van der Waals surface area (Å²) < 4.78 is 26.6. The fraction of sp³-hybridized carbons (Fsp3) is 0.400. The molecule has 1 aliphatic rings. The standard InChI is InChI=1S/C15H19F2N3/c1-2-18-15(20-13-5-3-4-6-13)19-10-11-9-12(16)7-8-14(11)17/h3-4,7-9,13H,2,5-6,10H2,1H3,(H2,18,19,20). The molecule has 0 spiro atoms. The van der Waals surface area contributed by atoms with Crippen LogP contribution < -0.4 is 10.6 Å². The van der Waals surface area contributed by atoms with E-state index in [-0.39, 0.29) is 12.1 Å². The number of guanidine groups is 1. The van der Waals surface area contributed by atoms with Crippen molar-refractivity contribution < 1.29 is 8.78 Å². The second-order valence-electron chi connectivity index (χ2n) is 4.71. The number of aliphatic imine (C=N–C) groups is 1. The number of benzene rings is 1. The summed E-state index contributed by atoms with van der Waals surface area (Å²) >= 11 is 0. The minimum absolute atomic E-state index is 0.110. The van der Waals surface area contributed by atoms with Gasteiger partial charge < -0.3 is 10.6 Å². The van der Waals surface area contributed by atoms with Crippen LogP contribution in [0.5, 0.6) is 0 Å². The summed E-state index contributed by atoms with van der Waals surface area (Å²) in [4.78, 5) is 4.31. The van der Waals surface area contributed by atoms with Gasteiger partial charge in [-0.3, -0.25) is 0 Å². The molecule has 20 heavy (non-hydrogen) atoms. The van der Waals surface area contributed by atoms with Crippen molar-refractivity contribution in [1.29, 1.82) is 0 Å². The Labute approximate surface area is 117 Å². The molecule has 0 unspecified atom stereocenters. The quantitative estimate of drug-likeness (QED) is 0.505. The second-order valence-corrected chi connectivity index (χ2v) is 4.71. The number of nitrogens with zero attached hydrogens (tertiary/aromatic N) is 1. The number of rotatable bonds is 4. The van der Waals surface area contributed by atoms with E-state index in [1.165, 1.54) is 6.07 Å². The van der Waals surface area contributed by atoms with Crippen molar-refractivity contribution in [2.24, 2.45) is 4.99 Å². The van der Waals surface area contributed by atoms with E-state index in [4.69, 9.17) is 0 Å². The van der Waals surface area contributed by atoms with Gasteiger partial charge in [-0.15, -0.1) is 0 Å². The van der Waals surface area contributed by atoms with Crippen LogP contribution in [-0.4, -0.2) is 18.5 Å². The number of halogens is 2. The number of nitrogens with one attached hydrogen (secondary N) is 2. The molecule has 0 fully saturated rings. The summed E-state index contributed by atoms with van der Waals surface area (Å²) in [5.41, 5.74) is 0.256. The molecule has 2 N–H and O–H groups in total. The molecule has 1 aliphatic carbocycles. The highest BCUT2D eigenvalue weighted by atomic mass is 19.1. The van der Waals surface area contributed by atoms with E-state index < -0.39 is 11.6 Å². The SMILES string of the molecule is CCNC(=NCc1cc(F)ccc1F)NC1CC=CC1. The molecule has 0 heterocycles. The van der Waals surface area contributed by atoms with Gasteiger partial charge in [0.15, 0.2) is 5.96 Å². The fourth-order valence-corrected chi connectivity index (χ4v) is 2.08. The molecule has 0 saturated heterocycles. The van der Waals surface area contributed by atoms with Crippen LogP contribution in [0, 0.1) is 11.6 Å². The third-order valence-corrected chi connectivity index (χ3v) is 3.11. The highest BCUT2D eigenvalue weighted by Crippen LogP contribution is 2.11. The van der Waals surface area contributed by atoms with E-state index >= 15 is 0 Å². The summed E-state index contributed by atoms with van der Waals surface area (Å²) in [7, 11) is 0. The predicted molar refractivity (Wildman–Crippen MR) is 76.5 cm³/mol. The van der Waals surface area contributed by atoms with Gasteiger partial charge in [-0.05, 0) is 38.0 Å². The van der Waals surface area contributed by atoms with E-state index in [1.807, 2.05) is 6.92 Å². The molecule has 0 radical (unpaired) electrons. The largest absolute Gasteiger partial charge is 0.357 e. The molecule has 1 aromatic rings. The zero-order valence-corrected chi connectivity index (χ0v) is 11.5. The average molecular weight is 279 g/mol. The van der Waals surface area contributed by atoms with Crippen molar-refractivity contribution in [3.05, 3.63) is 47.5 Å². The first-order valence-corrected chi connectivity index (χ1v) is 6.83. The van der Waals surface area contributed by atoms with Crippen molar-refractivity contribution in [3.63, 3.8) is 0 Å². The Kier molecular flexibility index (Phi) is 5.09. The van der Waals surface area contributed by atoms with Gasteiger partial charge in [0, 0.05) is 18.2 Å². The predicted octanol–water partition coefficient (Wildman–Crippen LogP) is 2.74. The zero-order valence-electron chi connectivity index (χ0n) is 11.5. The lowest BCUT2D eigenvalue weighted by Gasteiger charge is -2.16. The van der Waals surface area contributed by atoms with Crippen molar-refractivity contribution in [2.45, 2.75) is 32.4 Å². The monoisotopic (exact) mass is 279 g/mol. The van der Waals surface area contributed by atoms with Gasteiger partial charge in [-0.2, -0.15) is 0 Å². The summed E-state index contributed by atoms with van der Waals surface area (Å²) in [5.74, 6) is -0.257. The summed E-state index contributed by atoms with van der Waals surface area (Å²) in [6, 6.07) is 3.74. The molecule has 0 amide bonds. The van der Waals surface area contributed by atoms with E-state index in [0.29, 0.717) is 12.0 Å². The summed E-state index contributed by atoms with van der Waals surface area (Å²) in [6.07, 6.45) is 6.15. The maximum atomic E-state index is 13.5. The summed E-state index contributed by atoms with van der Waals surface area (Å²) in [6.45, 7) is 2.80. The van der Waals surface area contributed by atoms with Crippen LogP contribution in [0.4, 0.5) is 8.78 Å². The molecule has 0 aromatic heterocycles. The first-order valence-electron chi connectivity index (χ1n) is 6.83. The van der Waals surface area contributed by atoms with Crippen LogP contribution >= 0.6 is 0 Å². The Morgan fingerprint density at radius 2 is 2.05 bits per heavy atom. The maximum Gasteiger partial charge on any atom is 0.191 e. The average Bonchev–Trinajstić information content (AvgIpc) is 2.93. The van der Waals surface area contributed by atoms with Crippen LogP contribution in [0.3, 0.4) is 0 Å². The second kappa shape index (κ2) is 7.03. The van der Waals surface area contributed by atoms with Crippen molar-refractivity contribution in [2.75, 3.05) is 6.54 Å². The van der Waals surface area contributed by atoms with Crippen molar-refractivity contribution in [1.82, 2.24) is 10.6 Å². The Balaban J connectivity index is 2.02. The normalized spacial score (nSPS) is 15.7. The van der Waals surface area contributed by atoms with E-state index in [1.54, 1.807) is 0 Å². The molecule has 5 heteroatoms. The molecule has 0 atom stereocenters. The Morgan fingerprint density at radius 3 is 2.75 bits per heavy atom. The lowest BCUT2D eigenvalue weighted by Crippen LogP contribution is -2.42. The Bertz CT molecular complexity index is 504. The van der Waals surface area contributed by atoms with Gasteiger partial charge in [0.05, 0.1) is 6.54 Å². The van der Waals surface area contributed by atoms with Crippen LogP contribution in [0.15, 0.2) is 35.3 Å². The van der Waals surface area contributed by atoms with Crippen molar-refractivity contribution in [3.8, 4) is 0 Å². The van der Waals surface area contributed by atoms with Gasteiger partial charge in [-0.25, -0.2) is 13.8 Å². The Hall–Kier alpha value is -1.91. The molecule has 2 rings (SSSR count). The van der Waals surface area contributed by atoms with Gasteiger partial charge in [0.1, 0.15) is 11.6 Å². The Morgan fingerprint density at radius 1 is 1.30 bits per heavy atom. The van der Waals surface area contributed by atoms with E-state index in [0.717, 1.165) is 31.5 Å². The minimum atomic E-state index is -0.449. The highest BCUT2D eigenvalue weighted by Gasteiger charge is 2.11. The molecule has 1 aromatic carbocycles. The topological polar surface area (TPSA) is 36.4 Å². The van der Waals surface area contributed by atoms with Gasteiger partial charge in [-0.1, -0.05) is 12.2 Å². The molecule has 0 saturated carbocycles. The van der Waals surface area contributed by atoms with Crippen LogP contribution in [0.25, 0.3) is 0 Å². The smallest absolute Gasteiger partial charge is 0.191 e. The minimum Gasteiger partial charge on any atom is -0.357 e. The van der Waals surface area contributed by atoms with Gasteiger partial charge >= 0.3 is 0 Å². The lowest BCUT2D eigenvalue weighted by molar-refractivity contribution is 0.584. The fourth-order valence-electron chi connectivity index (χ4n) is 2.08. The van der Waals surface area contributed by atoms with Gasteiger partial charge in [0.25, 0.3) is 0 Å². The third-order valence-electron chi connectivity index (χ3n) is 3.11. The first-order chi connectivity index (χ1) is 9.69. The number of hydrogen-bond donors (Lipinski definition) is 2. The lowest BCUT2D eigenvalue weighted by atomic mass is 10.2. The van der Waals surface area contributed by atoms with Crippen molar-refractivity contribution >= 4 is 5.96 Å². The molecule has 108 valence electrons. The van der Waals surface area contributed by atoms with E-state index in [9.17, 15) is 8.78 Å². The summed E-state index contributed by atoms with van der Waals surface area (Å²) in [5, 5.41) is 6.39. The van der Waals surface area contributed by atoms with E-state index in [2.05, 4.69) is 27.8 Å². The van der Waals surface area contributed by atoms with Crippen LogP contribution in [0.2, 0.25) is 0 Å². The van der Waals surface area contributed by atoms with Crippen LogP contribution in [-0.2, 0) is 6.54 Å².